The molecule has 3 rings (SSSR count). The first-order chi connectivity index (χ1) is 14.0. The molecule has 2 N–H and O–H groups in total. The molecule has 1 amide bonds. The Morgan fingerprint density at radius 1 is 1.17 bits per heavy atom. The van der Waals surface area contributed by atoms with Crippen LogP contribution in [-0.2, 0) is 4.79 Å². The first-order valence-electron chi connectivity index (χ1n) is 10.4. The number of carboxylic acid groups (broad SMARTS) is 1. The third-order valence-corrected chi connectivity index (χ3v) is 8.07. The molecule has 1 aliphatic heterocycles. The number of carboxylic acids is 1. The first kappa shape index (κ1) is 23.2. The van der Waals surface area contributed by atoms with Crippen LogP contribution in [0, 0.1) is 12.3 Å². The molecule has 2 aliphatic rings. The third-order valence-electron chi connectivity index (χ3n) is 5.96. The number of rotatable bonds is 4. The zero-order valence-corrected chi connectivity index (χ0v) is 19.5. The van der Waals surface area contributed by atoms with Gasteiger partial charge in [0.25, 0.3) is 5.91 Å². The zero-order valence-electron chi connectivity index (χ0n) is 17.9. The topological polar surface area (TPSA) is 77.8 Å². The van der Waals surface area contributed by atoms with Gasteiger partial charge in [0.05, 0.1) is 16.7 Å². The molecule has 1 unspecified atom stereocenters. The van der Waals surface area contributed by atoms with Gasteiger partial charge < -0.3 is 15.1 Å². The predicted molar refractivity (Wildman–Crippen MR) is 121 cm³/mol. The van der Waals surface area contributed by atoms with E-state index >= 15 is 0 Å². The molecule has 5 nitrogen and oxygen atoms in total. The van der Waals surface area contributed by atoms with Gasteiger partial charge in [-0.15, -0.1) is 11.8 Å². The number of aliphatic carboxylic acids is 1. The SMILES string of the molecule is Cc1ccc(C(=O)N(C2=C(C(=O)O)SC(C(C)(C)C)C2)C2CCC(O)CC2)c(Cl)c1. The van der Waals surface area contributed by atoms with E-state index < -0.39 is 5.97 Å². The van der Waals surface area contributed by atoms with Crippen LogP contribution in [0.4, 0.5) is 0 Å². The summed E-state index contributed by atoms with van der Waals surface area (Å²) in [5.74, 6) is -1.25. The van der Waals surface area contributed by atoms with Crippen LogP contribution in [0.2, 0.25) is 5.02 Å². The number of thioether (sulfide) groups is 1. The van der Waals surface area contributed by atoms with Gasteiger partial charge >= 0.3 is 5.97 Å². The average Bonchev–Trinajstić information content (AvgIpc) is 3.09. The second-order valence-electron chi connectivity index (χ2n) is 9.38. The molecule has 0 spiro atoms. The van der Waals surface area contributed by atoms with Crippen LogP contribution in [0.15, 0.2) is 28.8 Å². The van der Waals surface area contributed by atoms with Crippen LogP contribution in [0.25, 0.3) is 0 Å². The number of aliphatic hydroxyl groups is 1. The van der Waals surface area contributed by atoms with Crippen LogP contribution < -0.4 is 0 Å². The number of allylic oxidation sites excluding steroid dienone is 1. The predicted octanol–water partition coefficient (Wildman–Crippen LogP) is 5.24. The molecule has 1 aromatic carbocycles. The van der Waals surface area contributed by atoms with Gasteiger partial charge in [-0.3, -0.25) is 4.79 Å². The summed E-state index contributed by atoms with van der Waals surface area (Å²) < 4.78 is 0. The standard InChI is InChI=1S/C23H30ClNO4S/c1-13-5-10-16(17(24)11-13)21(27)25(14-6-8-15(26)9-7-14)18-12-19(23(2,3)4)30-20(18)22(28)29/h5,10-11,14-15,19,26H,6-9,12H2,1-4H3,(H,28,29). The van der Waals surface area contributed by atoms with E-state index in [1.807, 2.05) is 13.0 Å². The lowest BCUT2D eigenvalue weighted by Crippen LogP contribution is -2.43. The molecule has 0 bridgehead atoms. The second kappa shape index (κ2) is 8.93. The molecule has 0 saturated heterocycles. The zero-order chi connectivity index (χ0) is 22.2. The van der Waals surface area contributed by atoms with Crippen LogP contribution in [0.5, 0.6) is 0 Å². The monoisotopic (exact) mass is 451 g/mol. The molecule has 1 heterocycles. The van der Waals surface area contributed by atoms with Crippen molar-refractivity contribution in [1.29, 1.82) is 0 Å². The number of nitrogens with zero attached hydrogens (tertiary/aromatic N) is 1. The number of halogens is 1. The van der Waals surface area contributed by atoms with Crippen LogP contribution in [-0.4, -0.2) is 44.4 Å². The van der Waals surface area contributed by atoms with E-state index in [4.69, 9.17) is 11.6 Å². The van der Waals surface area contributed by atoms with E-state index in [0.29, 0.717) is 48.4 Å². The molecule has 1 saturated carbocycles. The Morgan fingerprint density at radius 3 is 2.33 bits per heavy atom. The highest BCUT2D eigenvalue weighted by atomic mass is 35.5. The van der Waals surface area contributed by atoms with Gasteiger partial charge in [0, 0.05) is 23.4 Å². The number of amides is 1. The van der Waals surface area contributed by atoms with E-state index in [-0.39, 0.29) is 33.6 Å². The fourth-order valence-electron chi connectivity index (χ4n) is 4.13. The fourth-order valence-corrected chi connectivity index (χ4v) is 5.75. The van der Waals surface area contributed by atoms with Crippen molar-refractivity contribution in [3.05, 3.63) is 45.0 Å². The van der Waals surface area contributed by atoms with Crippen LogP contribution >= 0.6 is 23.4 Å². The van der Waals surface area contributed by atoms with E-state index in [0.717, 1.165) is 5.56 Å². The molecular formula is C23H30ClNO4S. The maximum Gasteiger partial charge on any atom is 0.343 e. The van der Waals surface area contributed by atoms with E-state index in [1.165, 1.54) is 11.8 Å². The van der Waals surface area contributed by atoms with E-state index in [9.17, 15) is 19.8 Å². The Hall–Kier alpha value is -1.50. The van der Waals surface area contributed by atoms with Crippen LogP contribution in [0.3, 0.4) is 0 Å². The molecule has 164 valence electrons. The third kappa shape index (κ3) is 4.87. The molecular weight excluding hydrogens is 422 g/mol. The maximum atomic E-state index is 13.7. The minimum atomic E-state index is -0.995. The van der Waals surface area contributed by atoms with Crippen molar-refractivity contribution < 1.29 is 19.8 Å². The van der Waals surface area contributed by atoms with Crippen molar-refractivity contribution in [2.24, 2.45) is 5.41 Å². The smallest absolute Gasteiger partial charge is 0.343 e. The Labute approximate surface area is 187 Å². The van der Waals surface area contributed by atoms with Gasteiger partial charge in [0.1, 0.15) is 4.91 Å². The summed E-state index contributed by atoms with van der Waals surface area (Å²) in [7, 11) is 0. The molecule has 30 heavy (non-hydrogen) atoms. The maximum absolute atomic E-state index is 13.7. The van der Waals surface area contributed by atoms with Gasteiger partial charge in [-0.05, 0) is 55.7 Å². The highest BCUT2D eigenvalue weighted by molar-refractivity contribution is 8.04. The fraction of sp³-hybridized carbons (Fsp3) is 0.565. The summed E-state index contributed by atoms with van der Waals surface area (Å²) in [4.78, 5) is 27.8. The van der Waals surface area contributed by atoms with Gasteiger partial charge in [0.2, 0.25) is 0 Å². The minimum Gasteiger partial charge on any atom is -0.477 e. The Morgan fingerprint density at radius 2 is 1.80 bits per heavy atom. The summed E-state index contributed by atoms with van der Waals surface area (Å²) in [6, 6.07) is 5.16. The molecule has 7 heteroatoms. The van der Waals surface area contributed by atoms with Crippen molar-refractivity contribution >= 4 is 35.2 Å². The first-order valence-corrected chi connectivity index (χ1v) is 11.7. The molecule has 1 fully saturated rings. The van der Waals surface area contributed by atoms with Gasteiger partial charge in [0.15, 0.2) is 0 Å². The largest absolute Gasteiger partial charge is 0.477 e. The normalized spacial score (nSPS) is 24.8. The summed E-state index contributed by atoms with van der Waals surface area (Å²) in [5.41, 5.74) is 1.82. The minimum absolute atomic E-state index is 0.0663. The van der Waals surface area contributed by atoms with Crippen molar-refractivity contribution in [2.75, 3.05) is 0 Å². The lowest BCUT2D eigenvalue weighted by molar-refractivity contribution is -0.131. The number of hydrogen-bond acceptors (Lipinski definition) is 4. The number of hydrogen-bond donors (Lipinski definition) is 2. The lowest BCUT2D eigenvalue weighted by Gasteiger charge is -2.37. The molecule has 1 aliphatic carbocycles. The highest BCUT2D eigenvalue weighted by Crippen LogP contribution is 2.48. The Kier molecular flexibility index (Phi) is 6.90. The van der Waals surface area contributed by atoms with Gasteiger partial charge in [-0.2, -0.15) is 0 Å². The number of aryl methyl sites for hydroxylation is 1. The summed E-state index contributed by atoms with van der Waals surface area (Å²) in [6.07, 6.45) is 2.62. The molecule has 0 aromatic heterocycles. The summed E-state index contributed by atoms with van der Waals surface area (Å²) in [5, 5.41) is 20.3. The highest BCUT2D eigenvalue weighted by Gasteiger charge is 2.42. The summed E-state index contributed by atoms with van der Waals surface area (Å²) in [6.45, 7) is 8.18. The molecule has 1 aromatic rings. The van der Waals surface area contributed by atoms with Crippen molar-refractivity contribution in [1.82, 2.24) is 4.90 Å². The average molecular weight is 452 g/mol. The second-order valence-corrected chi connectivity index (χ2v) is 11.0. The Bertz CT molecular complexity index is 868. The van der Waals surface area contributed by atoms with E-state index in [2.05, 4.69) is 20.8 Å². The van der Waals surface area contributed by atoms with Crippen molar-refractivity contribution in [3.63, 3.8) is 0 Å². The number of benzene rings is 1. The van der Waals surface area contributed by atoms with Crippen LogP contribution in [0.1, 0.15) is 68.8 Å². The van der Waals surface area contributed by atoms with E-state index in [1.54, 1.807) is 17.0 Å². The molecule has 0 radical (unpaired) electrons. The van der Waals surface area contributed by atoms with Crippen molar-refractivity contribution in [2.45, 2.75) is 77.2 Å². The Balaban J connectivity index is 2.05. The number of carbonyl (C=O) groups excluding carboxylic acids is 1. The number of carbonyl (C=O) groups is 2. The summed E-state index contributed by atoms with van der Waals surface area (Å²) >= 11 is 7.76. The lowest BCUT2D eigenvalue weighted by atomic mass is 9.87. The number of aliphatic hydroxyl groups excluding tert-OH is 1. The quantitative estimate of drug-likeness (QED) is 0.654. The molecule has 1 atom stereocenters. The van der Waals surface area contributed by atoms with Gasteiger partial charge in [-0.25, -0.2) is 4.79 Å². The van der Waals surface area contributed by atoms with Gasteiger partial charge in [-0.1, -0.05) is 38.4 Å². The van der Waals surface area contributed by atoms with Crippen molar-refractivity contribution in [3.8, 4) is 0 Å².